The molecule has 0 atom stereocenters. The molecule has 0 saturated carbocycles. The lowest BCUT2D eigenvalue weighted by Gasteiger charge is -2.05. The molecular weight excluding hydrogens is 238 g/mol. The van der Waals surface area contributed by atoms with Gasteiger partial charge in [-0.15, -0.1) is 0 Å². The van der Waals surface area contributed by atoms with Crippen molar-refractivity contribution in [1.29, 1.82) is 0 Å². The van der Waals surface area contributed by atoms with Crippen molar-refractivity contribution in [2.24, 2.45) is 0 Å². The van der Waals surface area contributed by atoms with E-state index in [4.69, 9.17) is 0 Å². The SMILES string of the molecule is CCCCSCc1cccc(-c2ccccn2)c1. The predicted octanol–water partition coefficient (Wildman–Crippen LogP) is 4.78. The minimum Gasteiger partial charge on any atom is -0.256 e. The maximum absolute atomic E-state index is 4.39. The minimum absolute atomic E-state index is 1.05. The molecule has 0 N–H and O–H groups in total. The normalized spacial score (nSPS) is 10.5. The van der Waals surface area contributed by atoms with Crippen LogP contribution in [-0.2, 0) is 5.75 Å². The Morgan fingerprint density at radius 3 is 2.83 bits per heavy atom. The molecule has 0 aliphatic heterocycles. The first-order chi connectivity index (χ1) is 8.90. The molecular formula is C16H19NS. The van der Waals surface area contributed by atoms with Crippen LogP contribution in [0.1, 0.15) is 25.3 Å². The molecule has 0 bridgehead atoms. The van der Waals surface area contributed by atoms with Gasteiger partial charge in [-0.25, -0.2) is 0 Å². The first-order valence-corrected chi connectivity index (χ1v) is 7.63. The highest BCUT2D eigenvalue weighted by Crippen LogP contribution is 2.21. The average Bonchev–Trinajstić information content (AvgIpc) is 2.45. The predicted molar refractivity (Wildman–Crippen MR) is 80.7 cm³/mol. The van der Waals surface area contributed by atoms with Gasteiger partial charge >= 0.3 is 0 Å². The number of pyridine rings is 1. The van der Waals surface area contributed by atoms with E-state index in [1.165, 1.54) is 29.7 Å². The van der Waals surface area contributed by atoms with Crippen molar-refractivity contribution in [3.63, 3.8) is 0 Å². The molecule has 0 spiro atoms. The van der Waals surface area contributed by atoms with Crippen LogP contribution >= 0.6 is 11.8 Å². The number of unbranched alkanes of at least 4 members (excludes halogenated alkanes) is 1. The summed E-state index contributed by atoms with van der Waals surface area (Å²) in [5.41, 5.74) is 3.65. The Kier molecular flexibility index (Phi) is 5.28. The highest BCUT2D eigenvalue weighted by molar-refractivity contribution is 7.98. The van der Waals surface area contributed by atoms with E-state index in [1.54, 1.807) is 0 Å². The zero-order valence-corrected chi connectivity index (χ0v) is 11.6. The summed E-state index contributed by atoms with van der Waals surface area (Å²) < 4.78 is 0. The molecule has 1 aromatic heterocycles. The van der Waals surface area contributed by atoms with Crippen molar-refractivity contribution in [2.45, 2.75) is 25.5 Å². The monoisotopic (exact) mass is 257 g/mol. The van der Waals surface area contributed by atoms with Gasteiger partial charge in [0.05, 0.1) is 5.69 Å². The molecule has 0 aliphatic carbocycles. The third-order valence-corrected chi connectivity index (χ3v) is 3.91. The van der Waals surface area contributed by atoms with E-state index in [2.05, 4.69) is 42.2 Å². The second-order valence-corrected chi connectivity index (χ2v) is 5.43. The molecule has 1 aromatic carbocycles. The minimum atomic E-state index is 1.05. The largest absolute Gasteiger partial charge is 0.256 e. The van der Waals surface area contributed by atoms with Gasteiger partial charge in [0, 0.05) is 17.5 Å². The van der Waals surface area contributed by atoms with Gasteiger partial charge in [0.2, 0.25) is 0 Å². The van der Waals surface area contributed by atoms with E-state index in [-0.39, 0.29) is 0 Å². The van der Waals surface area contributed by atoms with Gasteiger partial charge in [-0.05, 0) is 35.9 Å². The Bertz CT molecular complexity index is 468. The lowest BCUT2D eigenvalue weighted by molar-refractivity contribution is 0.896. The Hall–Kier alpha value is -1.28. The fraction of sp³-hybridized carbons (Fsp3) is 0.312. The highest BCUT2D eigenvalue weighted by Gasteiger charge is 2.00. The second kappa shape index (κ2) is 7.22. The van der Waals surface area contributed by atoms with Gasteiger partial charge in [-0.2, -0.15) is 11.8 Å². The zero-order valence-electron chi connectivity index (χ0n) is 10.8. The van der Waals surface area contributed by atoms with Crippen LogP contribution in [-0.4, -0.2) is 10.7 Å². The standard InChI is InChI=1S/C16H19NS/c1-2-3-11-18-13-14-7-6-8-15(12-14)16-9-4-5-10-17-16/h4-10,12H,2-3,11,13H2,1H3. The number of thioether (sulfide) groups is 1. The molecule has 0 saturated heterocycles. The number of nitrogens with zero attached hydrogens (tertiary/aromatic N) is 1. The van der Waals surface area contributed by atoms with Crippen molar-refractivity contribution in [2.75, 3.05) is 5.75 Å². The molecule has 1 nitrogen and oxygen atoms in total. The second-order valence-electron chi connectivity index (χ2n) is 4.32. The van der Waals surface area contributed by atoms with E-state index in [1.807, 2.05) is 30.1 Å². The van der Waals surface area contributed by atoms with Crippen LogP contribution in [0.25, 0.3) is 11.3 Å². The van der Waals surface area contributed by atoms with Crippen LogP contribution in [0.2, 0.25) is 0 Å². The number of rotatable bonds is 6. The number of benzene rings is 1. The van der Waals surface area contributed by atoms with Gasteiger partial charge in [0.1, 0.15) is 0 Å². The number of hydrogen-bond acceptors (Lipinski definition) is 2. The van der Waals surface area contributed by atoms with Crippen LogP contribution < -0.4 is 0 Å². The van der Waals surface area contributed by atoms with Crippen molar-refractivity contribution in [1.82, 2.24) is 4.98 Å². The molecule has 0 fully saturated rings. The summed E-state index contributed by atoms with van der Waals surface area (Å²) in [6.45, 7) is 2.24. The topological polar surface area (TPSA) is 12.9 Å². The van der Waals surface area contributed by atoms with Crippen LogP contribution in [0.5, 0.6) is 0 Å². The van der Waals surface area contributed by atoms with E-state index in [0.29, 0.717) is 0 Å². The summed E-state index contributed by atoms with van der Waals surface area (Å²) in [6, 6.07) is 14.7. The van der Waals surface area contributed by atoms with Crippen molar-refractivity contribution >= 4 is 11.8 Å². The van der Waals surface area contributed by atoms with Crippen LogP contribution in [0.4, 0.5) is 0 Å². The Morgan fingerprint density at radius 2 is 2.06 bits per heavy atom. The van der Waals surface area contributed by atoms with Gasteiger partial charge < -0.3 is 0 Å². The zero-order chi connectivity index (χ0) is 12.6. The smallest absolute Gasteiger partial charge is 0.0702 e. The van der Waals surface area contributed by atoms with Gasteiger partial charge in [-0.3, -0.25) is 4.98 Å². The molecule has 1 heterocycles. The van der Waals surface area contributed by atoms with Crippen molar-refractivity contribution in [3.8, 4) is 11.3 Å². The molecule has 2 heteroatoms. The summed E-state index contributed by atoms with van der Waals surface area (Å²) in [5.74, 6) is 2.35. The van der Waals surface area contributed by atoms with E-state index >= 15 is 0 Å². The maximum atomic E-state index is 4.39. The lowest BCUT2D eigenvalue weighted by atomic mass is 10.1. The Morgan fingerprint density at radius 1 is 1.11 bits per heavy atom. The van der Waals surface area contributed by atoms with Crippen molar-refractivity contribution < 1.29 is 0 Å². The van der Waals surface area contributed by atoms with E-state index in [0.717, 1.165) is 11.4 Å². The first kappa shape index (κ1) is 13.2. The van der Waals surface area contributed by atoms with Gasteiger partial charge in [-0.1, -0.05) is 37.6 Å². The molecule has 2 aromatic rings. The Balaban J connectivity index is 2.02. The summed E-state index contributed by atoms with van der Waals surface area (Å²) in [4.78, 5) is 4.39. The molecule has 0 radical (unpaired) electrons. The fourth-order valence-corrected chi connectivity index (χ4v) is 2.84. The quantitative estimate of drug-likeness (QED) is 0.691. The third-order valence-electron chi connectivity index (χ3n) is 2.80. The highest BCUT2D eigenvalue weighted by atomic mass is 32.2. The first-order valence-electron chi connectivity index (χ1n) is 6.48. The third kappa shape index (κ3) is 3.88. The number of hydrogen-bond donors (Lipinski definition) is 0. The van der Waals surface area contributed by atoms with Gasteiger partial charge in [0.15, 0.2) is 0 Å². The summed E-state index contributed by atoms with van der Waals surface area (Å²) in [5, 5.41) is 0. The Labute approximate surface area is 114 Å². The van der Waals surface area contributed by atoms with Crippen LogP contribution in [0, 0.1) is 0 Å². The molecule has 2 rings (SSSR count). The summed E-state index contributed by atoms with van der Waals surface area (Å²) in [6.07, 6.45) is 4.43. The average molecular weight is 257 g/mol. The summed E-state index contributed by atoms with van der Waals surface area (Å²) >= 11 is 2.01. The van der Waals surface area contributed by atoms with Crippen LogP contribution in [0.15, 0.2) is 48.7 Å². The molecule has 0 amide bonds. The van der Waals surface area contributed by atoms with E-state index in [9.17, 15) is 0 Å². The summed E-state index contributed by atoms with van der Waals surface area (Å²) in [7, 11) is 0. The molecule has 18 heavy (non-hydrogen) atoms. The number of aromatic nitrogens is 1. The maximum Gasteiger partial charge on any atom is 0.0702 e. The molecule has 0 unspecified atom stereocenters. The molecule has 0 aliphatic rings. The van der Waals surface area contributed by atoms with E-state index < -0.39 is 0 Å². The molecule has 94 valence electrons. The fourth-order valence-electron chi connectivity index (χ4n) is 1.79. The van der Waals surface area contributed by atoms with Crippen molar-refractivity contribution in [3.05, 3.63) is 54.2 Å². The van der Waals surface area contributed by atoms with Gasteiger partial charge in [0.25, 0.3) is 0 Å². The lowest BCUT2D eigenvalue weighted by Crippen LogP contribution is -1.86. The van der Waals surface area contributed by atoms with Crippen LogP contribution in [0.3, 0.4) is 0 Å².